The molecule has 0 aliphatic carbocycles. The van der Waals surface area contributed by atoms with Crippen molar-refractivity contribution in [1.29, 1.82) is 0 Å². The summed E-state index contributed by atoms with van der Waals surface area (Å²) >= 11 is 0. The van der Waals surface area contributed by atoms with Crippen molar-refractivity contribution in [2.45, 2.75) is 90.2 Å². The van der Waals surface area contributed by atoms with Crippen molar-refractivity contribution in [2.24, 2.45) is 11.8 Å². The number of carbonyl (C=O) groups excluding carboxylic acids is 6. The van der Waals surface area contributed by atoms with Gasteiger partial charge in [-0.25, -0.2) is 9.69 Å². The molecule has 4 heterocycles. The van der Waals surface area contributed by atoms with Gasteiger partial charge in [0, 0.05) is 49.6 Å². The minimum atomic E-state index is -1.39. The zero-order chi connectivity index (χ0) is 39.8. The summed E-state index contributed by atoms with van der Waals surface area (Å²) in [6.45, 7) is 5.08. The predicted molar refractivity (Wildman–Crippen MR) is 204 cm³/mol. The summed E-state index contributed by atoms with van der Waals surface area (Å²) < 4.78 is 5.80. The lowest BCUT2D eigenvalue weighted by molar-refractivity contribution is -0.149. The molecule has 2 saturated heterocycles. The Bertz CT molecular complexity index is 1980. The van der Waals surface area contributed by atoms with Gasteiger partial charge in [-0.1, -0.05) is 75.2 Å². The maximum absolute atomic E-state index is 13.6. The molecule has 3 aromatic rings. The zero-order valence-corrected chi connectivity index (χ0v) is 31.5. The number of aliphatic hydroxyl groups is 1. The standard InChI is InChI=1S/C40H48N8O8/c1-24(2)21-31-30(49)22-35(56-31)48-39(54)28(38(53)43-40(48)55)15-16-32(50)41-19-9-3-4-10-20-42-33(51)17-18-34(52)47-23-25-11-5-6-12-26(25)36-37(45-46-44-36)27-13-7-8-14-29(27)47/h5-8,11-16,24,28,30-31,35,49H,3-4,9-10,17-23H2,1-2H3,(H,41,50)(H,42,51)(H,43,53,55)(H,44,45,46)/b16-15+/t28?,30?,31-,35-/m1/s1. The van der Waals surface area contributed by atoms with E-state index in [4.69, 9.17) is 4.74 Å². The van der Waals surface area contributed by atoms with Crippen LogP contribution in [-0.2, 0) is 35.3 Å². The molecule has 2 aromatic carbocycles. The normalized spacial score (nSPS) is 20.6. The van der Waals surface area contributed by atoms with Crippen LogP contribution in [0.1, 0.15) is 70.8 Å². The van der Waals surface area contributed by atoms with Crippen molar-refractivity contribution in [3.8, 4) is 22.5 Å². The van der Waals surface area contributed by atoms with Crippen LogP contribution < -0.4 is 20.9 Å². The largest absolute Gasteiger partial charge is 0.390 e. The molecule has 4 atom stereocenters. The van der Waals surface area contributed by atoms with Crippen LogP contribution in [0.15, 0.2) is 60.7 Å². The number of fused-ring (bicyclic) bond motifs is 5. The minimum Gasteiger partial charge on any atom is -0.390 e. The number of H-pyrrole nitrogens is 1. The molecule has 5 N–H and O–H groups in total. The van der Waals surface area contributed by atoms with Crippen molar-refractivity contribution >= 4 is 41.3 Å². The maximum atomic E-state index is 13.6. The fraction of sp³-hybridized carbons (Fsp3) is 0.450. The Morgan fingerprint density at radius 2 is 1.61 bits per heavy atom. The first-order valence-corrected chi connectivity index (χ1v) is 19.1. The number of nitrogens with zero attached hydrogens (tertiary/aromatic N) is 4. The Kier molecular flexibility index (Phi) is 13.0. The molecule has 296 valence electrons. The number of anilines is 1. The molecule has 56 heavy (non-hydrogen) atoms. The molecule has 16 heteroatoms. The van der Waals surface area contributed by atoms with Gasteiger partial charge in [0.05, 0.1) is 24.4 Å². The third kappa shape index (κ3) is 9.37. The highest BCUT2D eigenvalue weighted by Gasteiger charge is 2.47. The van der Waals surface area contributed by atoms with Crippen LogP contribution in [0, 0.1) is 11.8 Å². The summed E-state index contributed by atoms with van der Waals surface area (Å²) in [5, 5.41) is 29.6. The smallest absolute Gasteiger partial charge is 0.332 e. The first-order chi connectivity index (χ1) is 27.0. The molecule has 0 spiro atoms. The van der Waals surface area contributed by atoms with Gasteiger partial charge in [-0.2, -0.15) is 15.4 Å². The van der Waals surface area contributed by atoms with E-state index in [9.17, 15) is 33.9 Å². The quantitative estimate of drug-likeness (QED) is 0.0864. The fourth-order valence-electron chi connectivity index (χ4n) is 7.21. The lowest BCUT2D eigenvalue weighted by Gasteiger charge is -2.32. The summed E-state index contributed by atoms with van der Waals surface area (Å²) in [4.78, 5) is 79.3. The number of aromatic amines is 1. The molecule has 3 aliphatic heterocycles. The van der Waals surface area contributed by atoms with E-state index in [1.807, 2.05) is 62.4 Å². The van der Waals surface area contributed by atoms with E-state index < -0.39 is 48.1 Å². The number of para-hydroxylation sites is 1. The highest BCUT2D eigenvalue weighted by atomic mass is 16.5. The van der Waals surface area contributed by atoms with Gasteiger partial charge in [0.25, 0.3) is 0 Å². The molecule has 3 aliphatic rings. The summed E-state index contributed by atoms with van der Waals surface area (Å²) in [5.41, 5.74) is 4.69. The molecular weight excluding hydrogens is 720 g/mol. The number of imide groups is 2. The second-order valence-corrected chi connectivity index (χ2v) is 14.6. The summed E-state index contributed by atoms with van der Waals surface area (Å²) in [6, 6.07) is 14.4. The molecule has 0 bridgehead atoms. The molecule has 0 radical (unpaired) electrons. The average molecular weight is 769 g/mol. The van der Waals surface area contributed by atoms with Crippen LogP contribution >= 0.6 is 0 Å². The van der Waals surface area contributed by atoms with E-state index in [-0.39, 0.29) is 37.0 Å². The number of hydrogen-bond donors (Lipinski definition) is 5. The SMILES string of the molecule is CC(C)C[C@H]1O[C@@H](N2C(=O)NC(=O)C(/C=C/C(=O)NCCCCCCNC(=O)CCC(=O)N3Cc4ccccc4-c4n[nH]nc4-c4ccccc43)C2=O)CC1O. The number of rotatable bonds is 15. The Balaban J connectivity index is 0.880. The second-order valence-electron chi connectivity index (χ2n) is 14.6. The van der Waals surface area contributed by atoms with Crippen LogP contribution in [-0.4, -0.2) is 92.5 Å². The van der Waals surface area contributed by atoms with Gasteiger partial charge in [-0.3, -0.25) is 29.3 Å². The molecule has 2 fully saturated rings. The summed E-state index contributed by atoms with van der Waals surface area (Å²) in [6.07, 6.45) is 3.49. The van der Waals surface area contributed by atoms with E-state index in [2.05, 4.69) is 31.4 Å². The number of carbonyl (C=O) groups is 6. The number of ether oxygens (including phenoxy) is 1. The van der Waals surface area contributed by atoms with Crippen LogP contribution in [0.5, 0.6) is 0 Å². The van der Waals surface area contributed by atoms with Crippen LogP contribution in [0.3, 0.4) is 0 Å². The third-order valence-electron chi connectivity index (χ3n) is 10.1. The topological polar surface area (TPSA) is 216 Å². The van der Waals surface area contributed by atoms with E-state index in [1.165, 1.54) is 0 Å². The van der Waals surface area contributed by atoms with Gasteiger partial charge in [-0.05, 0) is 36.8 Å². The van der Waals surface area contributed by atoms with Crippen molar-refractivity contribution in [1.82, 2.24) is 36.3 Å². The maximum Gasteiger partial charge on any atom is 0.332 e. The monoisotopic (exact) mass is 768 g/mol. The third-order valence-corrected chi connectivity index (χ3v) is 10.1. The lowest BCUT2D eigenvalue weighted by Crippen LogP contribution is -2.60. The van der Waals surface area contributed by atoms with Crippen LogP contribution in [0.2, 0.25) is 0 Å². The van der Waals surface area contributed by atoms with Gasteiger partial charge >= 0.3 is 6.03 Å². The summed E-state index contributed by atoms with van der Waals surface area (Å²) in [5.74, 6) is -3.71. The van der Waals surface area contributed by atoms with Gasteiger partial charge in [0.15, 0.2) is 0 Å². The van der Waals surface area contributed by atoms with Gasteiger partial charge in [0.1, 0.15) is 23.5 Å². The molecule has 16 nitrogen and oxygen atoms in total. The van der Waals surface area contributed by atoms with Crippen LogP contribution in [0.4, 0.5) is 10.5 Å². The second kappa shape index (κ2) is 18.3. The molecule has 6 rings (SSSR count). The highest BCUT2D eigenvalue weighted by Crippen LogP contribution is 2.40. The average Bonchev–Trinajstić information content (AvgIpc) is 3.79. The first kappa shape index (κ1) is 39.9. The van der Waals surface area contributed by atoms with Gasteiger partial charge < -0.3 is 25.4 Å². The highest BCUT2D eigenvalue weighted by molar-refractivity contribution is 6.17. The number of aliphatic hydroxyl groups excluding tert-OH is 1. The number of nitrogens with one attached hydrogen (secondary N) is 4. The number of amides is 7. The molecule has 0 saturated carbocycles. The van der Waals surface area contributed by atoms with Crippen molar-refractivity contribution in [2.75, 3.05) is 18.0 Å². The molecular formula is C40H48N8O8. The number of benzene rings is 2. The van der Waals surface area contributed by atoms with Crippen molar-refractivity contribution in [3.63, 3.8) is 0 Å². The van der Waals surface area contributed by atoms with E-state index >= 15 is 0 Å². The van der Waals surface area contributed by atoms with E-state index in [0.29, 0.717) is 43.9 Å². The summed E-state index contributed by atoms with van der Waals surface area (Å²) in [7, 11) is 0. The van der Waals surface area contributed by atoms with Crippen molar-refractivity contribution in [3.05, 3.63) is 66.2 Å². The minimum absolute atomic E-state index is 0.0349. The van der Waals surface area contributed by atoms with E-state index in [0.717, 1.165) is 58.7 Å². The number of barbiturate groups is 1. The Labute approximate surface area is 324 Å². The first-order valence-electron chi connectivity index (χ1n) is 19.1. The molecule has 2 unspecified atom stereocenters. The number of aromatic nitrogens is 3. The predicted octanol–water partition coefficient (Wildman–Crippen LogP) is 3.33. The number of hydrogen-bond acceptors (Lipinski definition) is 10. The Morgan fingerprint density at radius 3 is 2.36 bits per heavy atom. The van der Waals surface area contributed by atoms with E-state index in [1.54, 1.807) is 4.90 Å². The molecule has 1 aromatic heterocycles. The zero-order valence-electron chi connectivity index (χ0n) is 31.5. The fourth-order valence-corrected chi connectivity index (χ4v) is 7.21. The lowest BCUT2D eigenvalue weighted by atomic mass is 9.95. The number of urea groups is 1. The molecule has 7 amide bonds. The van der Waals surface area contributed by atoms with Gasteiger partial charge in [0.2, 0.25) is 29.5 Å². The van der Waals surface area contributed by atoms with Crippen LogP contribution in [0.25, 0.3) is 22.5 Å². The number of unbranched alkanes of at least 4 members (excludes halogenated alkanes) is 3. The van der Waals surface area contributed by atoms with Crippen molar-refractivity contribution < 1.29 is 38.6 Å². The van der Waals surface area contributed by atoms with Gasteiger partial charge in [-0.15, -0.1) is 0 Å². The Morgan fingerprint density at radius 1 is 0.929 bits per heavy atom. The Hall–Kier alpha value is -5.74.